The summed E-state index contributed by atoms with van der Waals surface area (Å²) < 4.78 is 0. The van der Waals surface area contributed by atoms with Gasteiger partial charge < -0.3 is 5.32 Å². The van der Waals surface area contributed by atoms with E-state index in [9.17, 15) is 0 Å². The van der Waals surface area contributed by atoms with E-state index >= 15 is 0 Å². The highest BCUT2D eigenvalue weighted by atomic mass is 15.3. The average Bonchev–Trinajstić information content (AvgIpc) is 2.43. The predicted octanol–water partition coefficient (Wildman–Crippen LogP) is 4.20. The first kappa shape index (κ1) is 16.3. The van der Waals surface area contributed by atoms with E-state index < -0.39 is 0 Å². The summed E-state index contributed by atoms with van der Waals surface area (Å²) in [7, 11) is 0. The second kappa shape index (κ2) is 7.79. The van der Waals surface area contributed by atoms with Crippen LogP contribution in [0.5, 0.6) is 0 Å². The van der Waals surface area contributed by atoms with Crippen molar-refractivity contribution in [2.75, 3.05) is 19.6 Å². The predicted molar refractivity (Wildman–Crippen MR) is 88.2 cm³/mol. The lowest BCUT2D eigenvalue weighted by Gasteiger charge is -2.52. The zero-order chi connectivity index (χ0) is 14.4. The smallest absolute Gasteiger partial charge is 0.0334 e. The Balaban J connectivity index is 1.96. The van der Waals surface area contributed by atoms with Gasteiger partial charge in [-0.1, -0.05) is 52.9 Å². The second-order valence-corrected chi connectivity index (χ2v) is 7.65. The molecule has 1 saturated carbocycles. The third kappa shape index (κ3) is 4.21. The van der Waals surface area contributed by atoms with Gasteiger partial charge in [0.05, 0.1) is 0 Å². The van der Waals surface area contributed by atoms with Gasteiger partial charge in [-0.05, 0) is 38.1 Å². The largest absolute Gasteiger partial charge is 0.311 e. The summed E-state index contributed by atoms with van der Waals surface area (Å²) in [5, 5.41) is 3.89. The highest BCUT2D eigenvalue weighted by Gasteiger charge is 2.41. The van der Waals surface area contributed by atoms with Gasteiger partial charge in [-0.15, -0.1) is 0 Å². The fourth-order valence-corrected chi connectivity index (χ4v) is 4.28. The van der Waals surface area contributed by atoms with E-state index in [4.69, 9.17) is 0 Å². The van der Waals surface area contributed by atoms with Gasteiger partial charge in [0.2, 0.25) is 0 Å². The van der Waals surface area contributed by atoms with Crippen LogP contribution in [0, 0.1) is 5.92 Å². The van der Waals surface area contributed by atoms with E-state index in [1.807, 2.05) is 0 Å². The summed E-state index contributed by atoms with van der Waals surface area (Å²) in [4.78, 5) is 2.89. The molecule has 2 aliphatic rings. The van der Waals surface area contributed by atoms with Crippen molar-refractivity contribution in [3.63, 3.8) is 0 Å². The van der Waals surface area contributed by atoms with Crippen LogP contribution in [0.25, 0.3) is 0 Å². The van der Waals surface area contributed by atoms with Gasteiger partial charge in [0.15, 0.2) is 0 Å². The number of hydrogen-bond donors (Lipinski definition) is 1. The minimum absolute atomic E-state index is 0.513. The molecule has 0 radical (unpaired) electrons. The molecule has 0 aromatic heterocycles. The number of unbranched alkanes of at least 4 members (excludes halogenated alkanes) is 2. The molecule has 1 aliphatic carbocycles. The molecule has 0 bridgehead atoms. The van der Waals surface area contributed by atoms with Gasteiger partial charge >= 0.3 is 0 Å². The number of piperazine rings is 1. The summed E-state index contributed by atoms with van der Waals surface area (Å²) in [5.41, 5.74) is 0.513. The van der Waals surface area contributed by atoms with E-state index in [1.54, 1.807) is 0 Å². The summed E-state index contributed by atoms with van der Waals surface area (Å²) in [6.07, 6.45) is 12.7. The topological polar surface area (TPSA) is 15.3 Å². The van der Waals surface area contributed by atoms with E-state index in [0.717, 1.165) is 12.0 Å². The first-order valence-electron chi connectivity index (χ1n) is 9.15. The highest BCUT2D eigenvalue weighted by molar-refractivity contribution is 5.00. The second-order valence-electron chi connectivity index (χ2n) is 7.65. The zero-order valence-electron chi connectivity index (χ0n) is 14.1. The average molecular weight is 281 g/mol. The van der Waals surface area contributed by atoms with Crippen molar-refractivity contribution >= 4 is 0 Å². The van der Waals surface area contributed by atoms with Crippen molar-refractivity contribution in [3.8, 4) is 0 Å². The van der Waals surface area contributed by atoms with Crippen LogP contribution in [0.3, 0.4) is 0 Å². The molecule has 1 heterocycles. The molecular formula is C18H36N2. The molecule has 0 aromatic rings. The molecule has 2 fully saturated rings. The summed E-state index contributed by atoms with van der Waals surface area (Å²) in [6.45, 7) is 10.9. The van der Waals surface area contributed by atoms with E-state index in [-0.39, 0.29) is 0 Å². The summed E-state index contributed by atoms with van der Waals surface area (Å²) >= 11 is 0. The molecular weight excluding hydrogens is 244 g/mol. The number of hydrogen-bond acceptors (Lipinski definition) is 2. The SMILES string of the molecule is CCCCCN1CC(CC(C)C)NCC12CCCCC2. The molecule has 0 aromatic carbocycles. The van der Waals surface area contributed by atoms with Crippen molar-refractivity contribution in [2.24, 2.45) is 5.92 Å². The third-order valence-corrected chi connectivity index (χ3v) is 5.40. The van der Waals surface area contributed by atoms with Crippen molar-refractivity contribution in [1.29, 1.82) is 0 Å². The molecule has 1 N–H and O–H groups in total. The van der Waals surface area contributed by atoms with Crippen LogP contribution in [0.1, 0.15) is 78.6 Å². The fraction of sp³-hybridized carbons (Fsp3) is 1.00. The Kier molecular flexibility index (Phi) is 6.35. The Labute approximate surface area is 126 Å². The third-order valence-electron chi connectivity index (χ3n) is 5.40. The molecule has 1 spiro atoms. The minimum atomic E-state index is 0.513. The highest BCUT2D eigenvalue weighted by Crippen LogP contribution is 2.36. The number of nitrogens with zero attached hydrogens (tertiary/aromatic N) is 1. The first-order valence-corrected chi connectivity index (χ1v) is 9.15. The molecule has 2 nitrogen and oxygen atoms in total. The Hall–Kier alpha value is -0.0800. The molecule has 1 unspecified atom stereocenters. The minimum Gasteiger partial charge on any atom is -0.311 e. The zero-order valence-corrected chi connectivity index (χ0v) is 14.1. The lowest BCUT2D eigenvalue weighted by atomic mass is 9.77. The van der Waals surface area contributed by atoms with Gasteiger partial charge in [0.1, 0.15) is 0 Å². The maximum atomic E-state index is 3.89. The molecule has 0 amide bonds. The Morgan fingerprint density at radius 1 is 1.15 bits per heavy atom. The lowest BCUT2D eigenvalue weighted by molar-refractivity contribution is 0.00552. The number of rotatable bonds is 6. The van der Waals surface area contributed by atoms with Crippen LogP contribution in [-0.2, 0) is 0 Å². The monoisotopic (exact) mass is 280 g/mol. The van der Waals surface area contributed by atoms with Crippen LogP contribution in [0.15, 0.2) is 0 Å². The molecule has 1 atom stereocenters. The van der Waals surface area contributed by atoms with Gasteiger partial charge in [-0.3, -0.25) is 4.90 Å². The van der Waals surface area contributed by atoms with Crippen LogP contribution in [-0.4, -0.2) is 36.1 Å². The summed E-state index contributed by atoms with van der Waals surface area (Å²) in [6, 6.07) is 0.726. The number of nitrogens with one attached hydrogen (secondary N) is 1. The molecule has 118 valence electrons. The van der Waals surface area contributed by atoms with Crippen LogP contribution < -0.4 is 5.32 Å². The van der Waals surface area contributed by atoms with Gasteiger partial charge in [0, 0.05) is 24.7 Å². The van der Waals surface area contributed by atoms with E-state index in [2.05, 4.69) is 31.0 Å². The Morgan fingerprint density at radius 3 is 2.55 bits per heavy atom. The van der Waals surface area contributed by atoms with Crippen LogP contribution in [0.2, 0.25) is 0 Å². The summed E-state index contributed by atoms with van der Waals surface area (Å²) in [5.74, 6) is 0.811. The van der Waals surface area contributed by atoms with Gasteiger partial charge in [-0.25, -0.2) is 0 Å². The van der Waals surface area contributed by atoms with Gasteiger partial charge in [0.25, 0.3) is 0 Å². The van der Waals surface area contributed by atoms with Crippen molar-refractivity contribution in [1.82, 2.24) is 10.2 Å². The maximum absolute atomic E-state index is 3.89. The molecule has 1 aliphatic heterocycles. The molecule has 2 heteroatoms. The lowest BCUT2D eigenvalue weighted by Crippen LogP contribution is -2.65. The van der Waals surface area contributed by atoms with Crippen LogP contribution >= 0.6 is 0 Å². The van der Waals surface area contributed by atoms with E-state index in [0.29, 0.717) is 5.54 Å². The molecule has 1 saturated heterocycles. The van der Waals surface area contributed by atoms with Gasteiger partial charge in [-0.2, -0.15) is 0 Å². The van der Waals surface area contributed by atoms with E-state index in [1.165, 1.54) is 77.4 Å². The van der Waals surface area contributed by atoms with Crippen LogP contribution in [0.4, 0.5) is 0 Å². The van der Waals surface area contributed by atoms with Crippen molar-refractivity contribution in [2.45, 2.75) is 90.1 Å². The molecule has 2 rings (SSSR count). The quantitative estimate of drug-likeness (QED) is 0.734. The standard InChI is InChI=1S/C18H36N2/c1-4-5-9-12-20-14-17(13-16(2)3)19-15-18(20)10-7-6-8-11-18/h16-17,19H,4-15H2,1-3H3. The van der Waals surface area contributed by atoms with Crippen molar-refractivity contribution < 1.29 is 0 Å². The first-order chi connectivity index (χ1) is 9.66. The van der Waals surface area contributed by atoms with Crippen molar-refractivity contribution in [3.05, 3.63) is 0 Å². The fourth-order valence-electron chi connectivity index (χ4n) is 4.28. The normalized spacial score (nSPS) is 27.3. The Morgan fingerprint density at radius 2 is 1.90 bits per heavy atom. The molecule has 20 heavy (non-hydrogen) atoms. The maximum Gasteiger partial charge on any atom is 0.0334 e. The Bertz CT molecular complexity index is 269.